The predicted molar refractivity (Wildman–Crippen MR) is 65.7 cm³/mol. The van der Waals surface area contributed by atoms with Crippen molar-refractivity contribution in [2.75, 3.05) is 7.11 Å². The molecule has 88 valence electrons. The predicted octanol–water partition coefficient (Wildman–Crippen LogP) is 2.35. The molecule has 0 bridgehead atoms. The molecule has 0 amide bonds. The molecule has 1 N–H and O–H groups in total. The van der Waals surface area contributed by atoms with Crippen molar-refractivity contribution < 1.29 is 14.6 Å². The summed E-state index contributed by atoms with van der Waals surface area (Å²) < 4.78 is 4.56. The molecule has 1 atom stereocenters. The van der Waals surface area contributed by atoms with Crippen LogP contribution in [0, 0.1) is 6.92 Å². The van der Waals surface area contributed by atoms with Gasteiger partial charge in [-0.1, -0.05) is 36.4 Å². The minimum Gasteiger partial charge on any atom is -0.467 e. The minimum absolute atomic E-state index is 0.582. The summed E-state index contributed by atoms with van der Waals surface area (Å²) in [5.41, 5.74) is 1.69. The van der Waals surface area contributed by atoms with Crippen LogP contribution >= 0.6 is 0 Å². The average molecular weight is 230 g/mol. The van der Waals surface area contributed by atoms with Gasteiger partial charge in [-0.2, -0.15) is 0 Å². The summed E-state index contributed by atoms with van der Waals surface area (Å²) in [4.78, 5) is 11.4. The third-order valence-electron chi connectivity index (χ3n) is 2.89. The van der Waals surface area contributed by atoms with E-state index in [4.69, 9.17) is 0 Å². The van der Waals surface area contributed by atoms with Crippen molar-refractivity contribution in [3.63, 3.8) is 0 Å². The van der Waals surface area contributed by atoms with Gasteiger partial charge in [0.1, 0.15) is 0 Å². The molecule has 2 aromatic carbocycles. The van der Waals surface area contributed by atoms with E-state index in [0.717, 1.165) is 16.3 Å². The average Bonchev–Trinajstić information content (AvgIpc) is 2.38. The van der Waals surface area contributed by atoms with Crippen LogP contribution in [0.25, 0.3) is 10.8 Å². The Balaban J connectivity index is 2.63. The molecule has 0 aliphatic carbocycles. The van der Waals surface area contributed by atoms with Crippen LogP contribution in [-0.2, 0) is 9.53 Å². The van der Waals surface area contributed by atoms with E-state index in [2.05, 4.69) is 4.74 Å². The Morgan fingerprint density at radius 1 is 1.18 bits per heavy atom. The Morgan fingerprint density at radius 3 is 2.47 bits per heavy atom. The number of rotatable bonds is 2. The number of carbonyl (C=O) groups is 1. The van der Waals surface area contributed by atoms with E-state index in [1.165, 1.54) is 7.11 Å². The Kier molecular flexibility index (Phi) is 3.11. The largest absolute Gasteiger partial charge is 0.467 e. The first kappa shape index (κ1) is 11.6. The molecule has 0 spiro atoms. The summed E-state index contributed by atoms with van der Waals surface area (Å²) in [6, 6.07) is 11.3. The SMILES string of the molecule is COC(=O)C(O)c1ccc(C)c2ccccc12. The van der Waals surface area contributed by atoms with Crippen LogP contribution in [0.2, 0.25) is 0 Å². The second-order valence-corrected chi connectivity index (χ2v) is 3.94. The van der Waals surface area contributed by atoms with Crippen molar-refractivity contribution in [3.05, 3.63) is 47.5 Å². The van der Waals surface area contributed by atoms with Crippen LogP contribution in [0.5, 0.6) is 0 Å². The number of hydrogen-bond donors (Lipinski definition) is 1. The van der Waals surface area contributed by atoms with Crippen LogP contribution in [0.4, 0.5) is 0 Å². The number of aliphatic hydroxyl groups excluding tert-OH is 1. The molecule has 0 saturated heterocycles. The third-order valence-corrected chi connectivity index (χ3v) is 2.89. The molecule has 2 aromatic rings. The smallest absolute Gasteiger partial charge is 0.339 e. The van der Waals surface area contributed by atoms with Gasteiger partial charge in [-0.25, -0.2) is 4.79 Å². The van der Waals surface area contributed by atoms with Gasteiger partial charge in [-0.3, -0.25) is 0 Å². The van der Waals surface area contributed by atoms with Crippen LogP contribution in [0.1, 0.15) is 17.2 Å². The highest BCUT2D eigenvalue weighted by atomic mass is 16.5. The van der Waals surface area contributed by atoms with Crippen molar-refractivity contribution in [2.45, 2.75) is 13.0 Å². The van der Waals surface area contributed by atoms with Gasteiger partial charge in [0.2, 0.25) is 0 Å². The summed E-state index contributed by atoms with van der Waals surface area (Å²) in [6.07, 6.45) is -1.23. The molecule has 2 rings (SSSR count). The van der Waals surface area contributed by atoms with E-state index < -0.39 is 12.1 Å². The number of aryl methyl sites for hydroxylation is 1. The molecule has 3 nitrogen and oxygen atoms in total. The van der Waals surface area contributed by atoms with Gasteiger partial charge in [0, 0.05) is 0 Å². The Morgan fingerprint density at radius 2 is 1.82 bits per heavy atom. The molecule has 0 radical (unpaired) electrons. The first-order valence-electron chi connectivity index (χ1n) is 5.39. The monoisotopic (exact) mass is 230 g/mol. The molecule has 0 aliphatic rings. The Bertz CT molecular complexity index is 560. The zero-order valence-electron chi connectivity index (χ0n) is 9.81. The fourth-order valence-electron chi connectivity index (χ4n) is 1.95. The number of fused-ring (bicyclic) bond motifs is 1. The second-order valence-electron chi connectivity index (χ2n) is 3.94. The number of carbonyl (C=O) groups excluding carboxylic acids is 1. The lowest BCUT2D eigenvalue weighted by atomic mass is 9.97. The maximum atomic E-state index is 11.4. The van der Waals surface area contributed by atoms with Gasteiger partial charge in [0.25, 0.3) is 0 Å². The van der Waals surface area contributed by atoms with Gasteiger partial charge < -0.3 is 9.84 Å². The first-order chi connectivity index (χ1) is 8.15. The standard InChI is InChI=1S/C14H14O3/c1-9-7-8-12(13(15)14(16)17-2)11-6-4-3-5-10(9)11/h3-8,13,15H,1-2H3. The number of methoxy groups -OCH3 is 1. The maximum Gasteiger partial charge on any atom is 0.339 e. The second kappa shape index (κ2) is 4.55. The van der Waals surface area contributed by atoms with Gasteiger partial charge in [-0.05, 0) is 28.8 Å². The van der Waals surface area contributed by atoms with Crippen molar-refractivity contribution in [1.82, 2.24) is 0 Å². The lowest BCUT2D eigenvalue weighted by Crippen LogP contribution is -2.13. The molecule has 0 aromatic heterocycles. The quantitative estimate of drug-likeness (QED) is 0.805. The zero-order valence-corrected chi connectivity index (χ0v) is 9.81. The number of benzene rings is 2. The van der Waals surface area contributed by atoms with Crippen molar-refractivity contribution >= 4 is 16.7 Å². The van der Waals surface area contributed by atoms with Gasteiger partial charge in [0.15, 0.2) is 6.10 Å². The van der Waals surface area contributed by atoms with E-state index >= 15 is 0 Å². The van der Waals surface area contributed by atoms with E-state index in [1.54, 1.807) is 6.07 Å². The molecular formula is C14H14O3. The van der Waals surface area contributed by atoms with Crippen molar-refractivity contribution in [1.29, 1.82) is 0 Å². The first-order valence-corrected chi connectivity index (χ1v) is 5.39. The van der Waals surface area contributed by atoms with Crippen LogP contribution < -0.4 is 0 Å². The minimum atomic E-state index is -1.23. The fourth-order valence-corrected chi connectivity index (χ4v) is 1.95. The Hall–Kier alpha value is -1.87. The molecule has 0 aliphatic heterocycles. The van der Waals surface area contributed by atoms with Crippen molar-refractivity contribution in [2.24, 2.45) is 0 Å². The highest BCUT2D eigenvalue weighted by molar-refractivity contribution is 5.92. The zero-order chi connectivity index (χ0) is 12.4. The summed E-state index contributed by atoms with van der Waals surface area (Å²) in [5, 5.41) is 11.8. The third kappa shape index (κ3) is 2.01. The maximum absolute atomic E-state index is 11.4. The molecule has 0 fully saturated rings. The van der Waals surface area contributed by atoms with Gasteiger partial charge in [0.05, 0.1) is 7.11 Å². The molecule has 0 heterocycles. The molecule has 3 heteroatoms. The summed E-state index contributed by atoms with van der Waals surface area (Å²) in [6.45, 7) is 2.00. The fraction of sp³-hybridized carbons (Fsp3) is 0.214. The highest BCUT2D eigenvalue weighted by Gasteiger charge is 2.20. The summed E-state index contributed by atoms with van der Waals surface area (Å²) in [5.74, 6) is -0.640. The van der Waals surface area contributed by atoms with E-state index in [1.807, 2.05) is 37.3 Å². The highest BCUT2D eigenvalue weighted by Crippen LogP contribution is 2.27. The van der Waals surface area contributed by atoms with Crippen LogP contribution in [0.3, 0.4) is 0 Å². The number of ether oxygens (including phenoxy) is 1. The van der Waals surface area contributed by atoms with Crippen LogP contribution in [0.15, 0.2) is 36.4 Å². The topological polar surface area (TPSA) is 46.5 Å². The van der Waals surface area contributed by atoms with Crippen molar-refractivity contribution in [3.8, 4) is 0 Å². The number of hydrogen-bond acceptors (Lipinski definition) is 3. The number of esters is 1. The molecule has 17 heavy (non-hydrogen) atoms. The van der Waals surface area contributed by atoms with Gasteiger partial charge in [-0.15, -0.1) is 0 Å². The van der Waals surface area contributed by atoms with E-state index in [0.29, 0.717) is 5.56 Å². The molecule has 0 saturated carbocycles. The molecule has 1 unspecified atom stereocenters. The van der Waals surface area contributed by atoms with E-state index in [-0.39, 0.29) is 0 Å². The lowest BCUT2D eigenvalue weighted by molar-refractivity contribution is -0.150. The Labute approximate surface area is 99.6 Å². The summed E-state index contributed by atoms with van der Waals surface area (Å²) in [7, 11) is 1.27. The lowest BCUT2D eigenvalue weighted by Gasteiger charge is -2.13. The molecular weight excluding hydrogens is 216 g/mol. The summed E-state index contributed by atoms with van der Waals surface area (Å²) >= 11 is 0. The normalized spacial score (nSPS) is 12.4. The number of aliphatic hydroxyl groups is 1. The van der Waals surface area contributed by atoms with Gasteiger partial charge >= 0.3 is 5.97 Å². The van der Waals surface area contributed by atoms with E-state index in [9.17, 15) is 9.90 Å². The van der Waals surface area contributed by atoms with Crippen LogP contribution in [-0.4, -0.2) is 18.2 Å².